The minimum atomic E-state index is 0.459. The van der Waals surface area contributed by atoms with Gasteiger partial charge in [-0.25, -0.2) is 15.0 Å². The Bertz CT molecular complexity index is 669. The second-order valence-electron chi connectivity index (χ2n) is 7.30. The van der Waals surface area contributed by atoms with Crippen molar-refractivity contribution in [2.45, 2.75) is 51.0 Å². The Morgan fingerprint density at radius 2 is 1.80 bits per heavy atom. The summed E-state index contributed by atoms with van der Waals surface area (Å²) in [4.78, 5) is 16.0. The summed E-state index contributed by atoms with van der Waals surface area (Å²) in [6.07, 6.45) is 13.0. The van der Waals surface area contributed by atoms with Gasteiger partial charge in [-0.3, -0.25) is 4.90 Å². The first-order chi connectivity index (χ1) is 12.4. The molecule has 2 aromatic rings. The summed E-state index contributed by atoms with van der Waals surface area (Å²) >= 11 is 0. The molecule has 2 fully saturated rings. The zero-order chi connectivity index (χ0) is 16.9. The van der Waals surface area contributed by atoms with E-state index in [0.717, 1.165) is 11.7 Å². The molecule has 3 heterocycles. The number of hydrogen-bond acceptors (Lipinski definition) is 5. The van der Waals surface area contributed by atoms with E-state index < -0.39 is 0 Å². The fourth-order valence-corrected chi connectivity index (χ4v) is 4.27. The molecular formula is C20H27N5. The monoisotopic (exact) mass is 337 g/mol. The van der Waals surface area contributed by atoms with Gasteiger partial charge in [0.25, 0.3) is 0 Å². The smallest absolute Gasteiger partial charge is 0.228 e. The largest absolute Gasteiger partial charge is 0.309 e. The van der Waals surface area contributed by atoms with E-state index >= 15 is 0 Å². The van der Waals surface area contributed by atoms with Gasteiger partial charge in [-0.15, -0.1) is 0 Å². The Hall–Kier alpha value is -2.01. The molecule has 0 unspecified atom stereocenters. The van der Waals surface area contributed by atoms with Gasteiger partial charge in [0.15, 0.2) is 0 Å². The standard InChI is InChI=1S/C20H27N5/c1-2-7-16(8-3-1)15-25-14-5-10-18(25)17-9-4-11-19(23-17)24-20-21-12-6-13-22-20/h4,6,9,11-13,16,18H,1-3,5,7-8,10,14-15H2,(H,21,22,23,24)/t18-/m0/s1. The average Bonchev–Trinajstić information content (AvgIpc) is 3.12. The van der Waals surface area contributed by atoms with Gasteiger partial charge in [0.1, 0.15) is 5.82 Å². The zero-order valence-electron chi connectivity index (χ0n) is 14.8. The molecule has 1 aliphatic carbocycles. The van der Waals surface area contributed by atoms with Gasteiger partial charge in [-0.2, -0.15) is 0 Å². The first-order valence-electron chi connectivity index (χ1n) is 9.63. The molecule has 0 aromatic carbocycles. The lowest BCUT2D eigenvalue weighted by molar-refractivity contribution is 0.186. The molecule has 0 spiro atoms. The number of rotatable bonds is 5. The van der Waals surface area contributed by atoms with Crippen LogP contribution < -0.4 is 5.32 Å². The van der Waals surface area contributed by atoms with Gasteiger partial charge in [0.2, 0.25) is 5.95 Å². The van der Waals surface area contributed by atoms with Crippen LogP contribution in [0.2, 0.25) is 0 Å². The minimum Gasteiger partial charge on any atom is -0.309 e. The van der Waals surface area contributed by atoms with Crippen molar-refractivity contribution >= 4 is 11.8 Å². The average molecular weight is 337 g/mol. The maximum absolute atomic E-state index is 4.86. The summed E-state index contributed by atoms with van der Waals surface area (Å²) in [5.41, 5.74) is 1.18. The van der Waals surface area contributed by atoms with E-state index in [-0.39, 0.29) is 0 Å². The lowest BCUT2D eigenvalue weighted by atomic mass is 9.88. The SMILES string of the molecule is c1cnc(Nc2cccc([C@@H]3CCCN3CC3CCCCC3)n2)nc1. The molecule has 2 aromatic heterocycles. The number of hydrogen-bond donors (Lipinski definition) is 1. The zero-order valence-corrected chi connectivity index (χ0v) is 14.8. The Kier molecular flexibility index (Phi) is 5.21. The molecule has 25 heavy (non-hydrogen) atoms. The Balaban J connectivity index is 1.45. The lowest BCUT2D eigenvalue weighted by Crippen LogP contribution is -2.30. The molecule has 4 rings (SSSR count). The van der Waals surface area contributed by atoms with Crippen LogP contribution in [0.1, 0.15) is 56.7 Å². The topological polar surface area (TPSA) is 53.9 Å². The summed E-state index contributed by atoms with van der Waals surface area (Å²) in [6.45, 7) is 2.45. The molecule has 0 amide bonds. The minimum absolute atomic E-state index is 0.459. The number of nitrogens with one attached hydrogen (secondary N) is 1. The molecule has 132 valence electrons. The first kappa shape index (κ1) is 16.5. The molecule has 2 aliphatic rings. The lowest BCUT2D eigenvalue weighted by Gasteiger charge is -2.30. The highest BCUT2D eigenvalue weighted by molar-refractivity contribution is 5.47. The van der Waals surface area contributed by atoms with Crippen molar-refractivity contribution in [2.24, 2.45) is 5.92 Å². The molecule has 1 saturated carbocycles. The van der Waals surface area contributed by atoms with Crippen LogP contribution in [0.4, 0.5) is 11.8 Å². The third-order valence-corrected chi connectivity index (χ3v) is 5.50. The first-order valence-corrected chi connectivity index (χ1v) is 9.63. The van der Waals surface area contributed by atoms with Crippen LogP contribution in [0.25, 0.3) is 0 Å². The van der Waals surface area contributed by atoms with Crippen molar-refractivity contribution in [3.8, 4) is 0 Å². The summed E-state index contributed by atoms with van der Waals surface area (Å²) in [5, 5.41) is 3.21. The van der Waals surface area contributed by atoms with Crippen molar-refractivity contribution in [3.63, 3.8) is 0 Å². The number of likely N-dealkylation sites (tertiary alicyclic amines) is 1. The van der Waals surface area contributed by atoms with E-state index in [0.29, 0.717) is 12.0 Å². The maximum Gasteiger partial charge on any atom is 0.228 e. The highest BCUT2D eigenvalue weighted by Crippen LogP contribution is 2.34. The van der Waals surface area contributed by atoms with E-state index in [1.165, 1.54) is 63.7 Å². The number of anilines is 2. The van der Waals surface area contributed by atoms with Gasteiger partial charge >= 0.3 is 0 Å². The van der Waals surface area contributed by atoms with Crippen molar-refractivity contribution in [2.75, 3.05) is 18.4 Å². The van der Waals surface area contributed by atoms with Gasteiger partial charge in [-0.05, 0) is 56.3 Å². The molecular weight excluding hydrogens is 310 g/mol. The molecule has 1 saturated heterocycles. The van der Waals surface area contributed by atoms with E-state index in [4.69, 9.17) is 4.98 Å². The second-order valence-corrected chi connectivity index (χ2v) is 7.30. The van der Waals surface area contributed by atoms with Crippen LogP contribution >= 0.6 is 0 Å². The second kappa shape index (κ2) is 7.91. The van der Waals surface area contributed by atoms with Crippen molar-refractivity contribution in [3.05, 3.63) is 42.4 Å². The molecule has 0 bridgehead atoms. The van der Waals surface area contributed by atoms with E-state index in [1.54, 1.807) is 12.4 Å². The fourth-order valence-electron chi connectivity index (χ4n) is 4.27. The third kappa shape index (κ3) is 4.15. The van der Waals surface area contributed by atoms with Gasteiger partial charge in [-0.1, -0.05) is 25.3 Å². The quantitative estimate of drug-likeness (QED) is 0.880. The Morgan fingerprint density at radius 1 is 0.960 bits per heavy atom. The summed E-state index contributed by atoms with van der Waals surface area (Å²) < 4.78 is 0. The predicted molar refractivity (Wildman–Crippen MR) is 99.7 cm³/mol. The van der Waals surface area contributed by atoms with Gasteiger partial charge in [0.05, 0.1) is 11.7 Å². The molecule has 5 nitrogen and oxygen atoms in total. The highest BCUT2D eigenvalue weighted by Gasteiger charge is 2.29. The summed E-state index contributed by atoms with van der Waals surface area (Å²) in [6, 6.07) is 8.52. The van der Waals surface area contributed by atoms with Crippen LogP contribution in [-0.4, -0.2) is 32.9 Å². The molecule has 5 heteroatoms. The highest BCUT2D eigenvalue weighted by atomic mass is 15.2. The van der Waals surface area contributed by atoms with Gasteiger partial charge in [0, 0.05) is 18.9 Å². The van der Waals surface area contributed by atoms with E-state index in [2.05, 4.69) is 32.3 Å². The van der Waals surface area contributed by atoms with Crippen LogP contribution in [0.3, 0.4) is 0 Å². The van der Waals surface area contributed by atoms with Crippen LogP contribution in [0.5, 0.6) is 0 Å². The van der Waals surface area contributed by atoms with E-state index in [1.807, 2.05) is 12.1 Å². The Morgan fingerprint density at radius 3 is 2.64 bits per heavy atom. The van der Waals surface area contributed by atoms with Crippen molar-refractivity contribution in [1.82, 2.24) is 19.9 Å². The molecule has 1 aliphatic heterocycles. The fraction of sp³-hybridized carbons (Fsp3) is 0.550. The maximum atomic E-state index is 4.86. The van der Waals surface area contributed by atoms with Gasteiger partial charge < -0.3 is 5.32 Å². The van der Waals surface area contributed by atoms with E-state index in [9.17, 15) is 0 Å². The van der Waals surface area contributed by atoms with Crippen LogP contribution in [-0.2, 0) is 0 Å². The van der Waals surface area contributed by atoms with Crippen molar-refractivity contribution < 1.29 is 0 Å². The molecule has 0 radical (unpaired) electrons. The molecule has 1 N–H and O–H groups in total. The Labute approximate surface area is 149 Å². The number of nitrogens with zero attached hydrogens (tertiary/aromatic N) is 4. The molecule has 1 atom stereocenters. The number of pyridine rings is 1. The third-order valence-electron chi connectivity index (χ3n) is 5.50. The van der Waals surface area contributed by atoms with Crippen molar-refractivity contribution in [1.29, 1.82) is 0 Å². The van der Waals surface area contributed by atoms with Crippen LogP contribution in [0.15, 0.2) is 36.7 Å². The summed E-state index contributed by atoms with van der Waals surface area (Å²) in [5.74, 6) is 2.30. The number of aromatic nitrogens is 3. The predicted octanol–water partition coefficient (Wildman–Crippen LogP) is 4.33. The van der Waals surface area contributed by atoms with Crippen LogP contribution in [0, 0.1) is 5.92 Å². The normalized spacial score (nSPS) is 22.2. The summed E-state index contributed by atoms with van der Waals surface area (Å²) in [7, 11) is 0.